The average molecular weight is 261 g/mol. The Morgan fingerprint density at radius 2 is 1.90 bits per heavy atom. The summed E-state index contributed by atoms with van der Waals surface area (Å²) in [7, 11) is 0. The van der Waals surface area contributed by atoms with Gasteiger partial charge >= 0.3 is 0 Å². The molecule has 5 nitrogen and oxygen atoms in total. The Bertz CT molecular complexity index is 897. The normalized spacial score (nSPS) is 11.0. The van der Waals surface area contributed by atoms with Crippen LogP contribution < -0.4 is 5.32 Å². The fourth-order valence-corrected chi connectivity index (χ4v) is 2.20. The second-order valence-corrected chi connectivity index (χ2v) is 4.50. The highest BCUT2D eigenvalue weighted by Gasteiger charge is 2.01. The molecule has 1 aromatic carbocycles. The van der Waals surface area contributed by atoms with E-state index < -0.39 is 0 Å². The number of rotatable bonds is 2. The summed E-state index contributed by atoms with van der Waals surface area (Å²) < 4.78 is 0. The molecule has 3 heterocycles. The molecule has 4 aromatic rings. The summed E-state index contributed by atoms with van der Waals surface area (Å²) in [4.78, 5) is 16.0. The van der Waals surface area contributed by atoms with Gasteiger partial charge in [-0.25, -0.2) is 9.97 Å². The summed E-state index contributed by atoms with van der Waals surface area (Å²) in [5.41, 5.74) is 3.54. The summed E-state index contributed by atoms with van der Waals surface area (Å²) in [6.45, 7) is 0. The second kappa shape index (κ2) is 4.31. The monoisotopic (exact) mass is 261 g/mol. The van der Waals surface area contributed by atoms with Crippen molar-refractivity contribution in [2.24, 2.45) is 0 Å². The third kappa shape index (κ3) is 1.85. The molecule has 2 N–H and O–H groups in total. The van der Waals surface area contributed by atoms with Crippen molar-refractivity contribution >= 4 is 33.6 Å². The van der Waals surface area contributed by atoms with E-state index in [4.69, 9.17) is 0 Å². The van der Waals surface area contributed by atoms with Gasteiger partial charge < -0.3 is 10.3 Å². The number of benzene rings is 1. The topological polar surface area (TPSA) is 66.5 Å². The molecule has 0 aliphatic rings. The van der Waals surface area contributed by atoms with Gasteiger partial charge in [0.2, 0.25) is 0 Å². The van der Waals surface area contributed by atoms with E-state index in [1.807, 2.05) is 36.5 Å². The van der Waals surface area contributed by atoms with Gasteiger partial charge in [0.1, 0.15) is 11.3 Å². The molecule has 20 heavy (non-hydrogen) atoms. The molecule has 3 aromatic heterocycles. The minimum Gasteiger partial charge on any atom is -0.361 e. The first kappa shape index (κ1) is 10.9. The zero-order valence-electron chi connectivity index (χ0n) is 10.5. The number of anilines is 2. The number of pyridine rings is 1. The van der Waals surface area contributed by atoms with Crippen LogP contribution in [0.1, 0.15) is 0 Å². The van der Waals surface area contributed by atoms with Gasteiger partial charge in [-0.3, -0.25) is 4.98 Å². The van der Waals surface area contributed by atoms with E-state index in [2.05, 4.69) is 31.3 Å². The van der Waals surface area contributed by atoms with E-state index in [1.54, 1.807) is 12.4 Å². The Labute approximate surface area is 114 Å². The molecule has 5 heteroatoms. The Morgan fingerprint density at radius 1 is 0.950 bits per heavy atom. The van der Waals surface area contributed by atoms with Crippen molar-refractivity contribution in [2.45, 2.75) is 0 Å². The third-order valence-electron chi connectivity index (χ3n) is 3.16. The van der Waals surface area contributed by atoms with Crippen molar-refractivity contribution < 1.29 is 0 Å². The molecule has 0 aliphatic carbocycles. The van der Waals surface area contributed by atoms with Crippen molar-refractivity contribution in [1.29, 1.82) is 0 Å². The Morgan fingerprint density at radius 3 is 2.90 bits per heavy atom. The van der Waals surface area contributed by atoms with Crippen LogP contribution in [0.25, 0.3) is 22.1 Å². The van der Waals surface area contributed by atoms with E-state index in [9.17, 15) is 0 Å². The molecule has 0 saturated carbocycles. The van der Waals surface area contributed by atoms with E-state index in [1.165, 1.54) is 0 Å². The lowest BCUT2D eigenvalue weighted by Gasteiger charge is -2.06. The van der Waals surface area contributed by atoms with E-state index in [-0.39, 0.29) is 0 Å². The molecular formula is C15H11N5. The predicted molar refractivity (Wildman–Crippen MR) is 78.9 cm³/mol. The molecule has 0 atom stereocenters. The standard InChI is InChI=1S/C15H11N5/c1-2-12-10(5-6-16-12)9-11(1)19-14-4-3-13-15(20-14)18-8-7-17-13/h1-9,16H,(H,18,19,20). The molecule has 0 unspecified atom stereocenters. The van der Waals surface area contributed by atoms with Gasteiger partial charge in [0.25, 0.3) is 0 Å². The van der Waals surface area contributed by atoms with Crippen LogP contribution in [0.2, 0.25) is 0 Å². The van der Waals surface area contributed by atoms with Crippen molar-refractivity contribution in [3.05, 3.63) is 55.0 Å². The van der Waals surface area contributed by atoms with E-state index in [0.717, 1.165) is 27.9 Å². The maximum atomic E-state index is 4.45. The Hall–Kier alpha value is -2.95. The number of hydrogen-bond acceptors (Lipinski definition) is 4. The van der Waals surface area contributed by atoms with Gasteiger partial charge in [0, 0.05) is 35.2 Å². The molecule has 0 aliphatic heterocycles. The second-order valence-electron chi connectivity index (χ2n) is 4.50. The molecule has 96 valence electrons. The van der Waals surface area contributed by atoms with Crippen molar-refractivity contribution in [1.82, 2.24) is 19.9 Å². The lowest BCUT2D eigenvalue weighted by atomic mass is 10.2. The number of aromatic nitrogens is 4. The van der Waals surface area contributed by atoms with Gasteiger partial charge in [0.15, 0.2) is 5.65 Å². The number of H-pyrrole nitrogens is 1. The largest absolute Gasteiger partial charge is 0.361 e. The molecule has 0 spiro atoms. The molecule has 0 fully saturated rings. The summed E-state index contributed by atoms with van der Waals surface area (Å²) in [5.74, 6) is 0.757. The molecular weight excluding hydrogens is 250 g/mol. The number of hydrogen-bond donors (Lipinski definition) is 2. The SMILES string of the molecule is c1cnc2nc(Nc3ccc4[nH]ccc4c3)ccc2n1. The molecule has 0 saturated heterocycles. The third-order valence-corrected chi connectivity index (χ3v) is 3.16. The fraction of sp³-hybridized carbons (Fsp3) is 0. The Kier molecular flexibility index (Phi) is 2.35. The molecule has 4 rings (SSSR count). The van der Waals surface area contributed by atoms with Gasteiger partial charge in [-0.2, -0.15) is 0 Å². The Balaban J connectivity index is 1.72. The minimum absolute atomic E-state index is 0.639. The predicted octanol–water partition coefficient (Wildman–Crippen LogP) is 3.25. The molecule has 0 radical (unpaired) electrons. The van der Waals surface area contributed by atoms with Crippen molar-refractivity contribution in [3.63, 3.8) is 0 Å². The van der Waals surface area contributed by atoms with Crippen LogP contribution in [0.3, 0.4) is 0 Å². The van der Waals surface area contributed by atoms with Crippen LogP contribution >= 0.6 is 0 Å². The zero-order valence-corrected chi connectivity index (χ0v) is 10.5. The highest BCUT2D eigenvalue weighted by molar-refractivity contribution is 5.84. The smallest absolute Gasteiger partial charge is 0.180 e. The maximum Gasteiger partial charge on any atom is 0.180 e. The van der Waals surface area contributed by atoms with Gasteiger partial charge in [-0.05, 0) is 36.4 Å². The quantitative estimate of drug-likeness (QED) is 0.581. The average Bonchev–Trinajstić information content (AvgIpc) is 2.95. The van der Waals surface area contributed by atoms with Crippen molar-refractivity contribution in [3.8, 4) is 0 Å². The minimum atomic E-state index is 0.639. The van der Waals surface area contributed by atoms with Crippen LogP contribution in [0.4, 0.5) is 11.5 Å². The zero-order chi connectivity index (χ0) is 13.4. The summed E-state index contributed by atoms with van der Waals surface area (Å²) in [6.07, 6.45) is 5.24. The summed E-state index contributed by atoms with van der Waals surface area (Å²) in [6, 6.07) is 12.0. The van der Waals surface area contributed by atoms with Gasteiger partial charge in [-0.1, -0.05) is 0 Å². The van der Waals surface area contributed by atoms with Gasteiger partial charge in [-0.15, -0.1) is 0 Å². The maximum absolute atomic E-state index is 4.45. The van der Waals surface area contributed by atoms with Crippen LogP contribution in [0, 0.1) is 0 Å². The first-order chi connectivity index (χ1) is 9.88. The highest BCUT2D eigenvalue weighted by Crippen LogP contribution is 2.21. The van der Waals surface area contributed by atoms with E-state index >= 15 is 0 Å². The van der Waals surface area contributed by atoms with Gasteiger partial charge in [0.05, 0.1) is 0 Å². The van der Waals surface area contributed by atoms with Crippen LogP contribution in [0.5, 0.6) is 0 Å². The number of nitrogens with zero attached hydrogens (tertiary/aromatic N) is 3. The first-order valence-corrected chi connectivity index (χ1v) is 6.30. The first-order valence-electron chi connectivity index (χ1n) is 6.30. The summed E-state index contributed by atoms with van der Waals surface area (Å²) >= 11 is 0. The fourth-order valence-electron chi connectivity index (χ4n) is 2.20. The number of nitrogens with one attached hydrogen (secondary N) is 2. The van der Waals surface area contributed by atoms with Crippen LogP contribution in [-0.4, -0.2) is 19.9 Å². The number of aromatic amines is 1. The number of fused-ring (bicyclic) bond motifs is 2. The highest BCUT2D eigenvalue weighted by atomic mass is 15.0. The lowest BCUT2D eigenvalue weighted by Crippen LogP contribution is -1.95. The lowest BCUT2D eigenvalue weighted by molar-refractivity contribution is 1.22. The molecule has 0 amide bonds. The van der Waals surface area contributed by atoms with Crippen LogP contribution in [-0.2, 0) is 0 Å². The van der Waals surface area contributed by atoms with E-state index in [0.29, 0.717) is 5.65 Å². The molecule has 0 bridgehead atoms. The summed E-state index contributed by atoms with van der Waals surface area (Å²) in [5, 5.41) is 4.45. The van der Waals surface area contributed by atoms with Crippen molar-refractivity contribution in [2.75, 3.05) is 5.32 Å². The van der Waals surface area contributed by atoms with Crippen LogP contribution in [0.15, 0.2) is 55.0 Å².